The average Bonchev–Trinajstić information content (AvgIpc) is 2.82. The van der Waals surface area contributed by atoms with Crippen LogP contribution in [0.1, 0.15) is 5.56 Å². The molecule has 0 aliphatic rings. The van der Waals surface area contributed by atoms with Crippen LogP contribution in [0.15, 0.2) is 85.3 Å². The summed E-state index contributed by atoms with van der Waals surface area (Å²) >= 11 is 0. The summed E-state index contributed by atoms with van der Waals surface area (Å²) in [6, 6.07) is 22.3. The lowest BCUT2D eigenvalue weighted by Gasteiger charge is -2.10. The van der Waals surface area contributed by atoms with Gasteiger partial charge in [0.15, 0.2) is 0 Å². The second-order valence-electron chi connectivity index (χ2n) is 6.90. The minimum absolute atomic E-state index is 0.0862. The Morgan fingerprint density at radius 2 is 1.53 bits per heavy atom. The molecule has 2 aromatic heterocycles. The summed E-state index contributed by atoms with van der Waals surface area (Å²) < 4.78 is 5.14. The van der Waals surface area contributed by atoms with Crippen molar-refractivity contribution in [2.24, 2.45) is 0 Å². The number of benzene rings is 2. The van der Waals surface area contributed by atoms with Gasteiger partial charge in [-0.3, -0.25) is 4.79 Å². The van der Waals surface area contributed by atoms with Crippen LogP contribution in [0.3, 0.4) is 0 Å². The second kappa shape index (κ2) is 10.0. The predicted octanol–water partition coefficient (Wildman–Crippen LogP) is 4.55. The summed E-state index contributed by atoms with van der Waals surface area (Å²) in [7, 11) is 1.61. The van der Waals surface area contributed by atoms with Crippen LogP contribution < -0.4 is 20.7 Å². The zero-order valence-corrected chi connectivity index (χ0v) is 17.4. The number of ether oxygens (including phenoxy) is 1. The van der Waals surface area contributed by atoms with Gasteiger partial charge in [-0.2, -0.15) is 0 Å². The number of rotatable bonds is 8. The summed E-state index contributed by atoms with van der Waals surface area (Å²) in [5, 5.41) is 9.26. The molecule has 2 heterocycles. The fraction of sp³-hybridized carbons (Fsp3) is 0.0833. The first-order valence-electron chi connectivity index (χ1n) is 9.98. The first-order chi connectivity index (χ1) is 15.7. The molecular weight excluding hydrogens is 404 g/mol. The highest BCUT2D eigenvalue weighted by Crippen LogP contribution is 2.20. The Morgan fingerprint density at radius 1 is 0.812 bits per heavy atom. The zero-order valence-electron chi connectivity index (χ0n) is 17.4. The lowest BCUT2D eigenvalue weighted by molar-refractivity contribution is -0.115. The van der Waals surface area contributed by atoms with Crippen molar-refractivity contribution in [2.75, 3.05) is 23.1 Å². The molecule has 8 heteroatoms. The second-order valence-corrected chi connectivity index (χ2v) is 6.90. The third kappa shape index (κ3) is 5.79. The van der Waals surface area contributed by atoms with Crippen molar-refractivity contribution < 1.29 is 9.53 Å². The number of aromatic nitrogens is 3. The van der Waals surface area contributed by atoms with Crippen LogP contribution in [-0.2, 0) is 11.2 Å². The van der Waals surface area contributed by atoms with E-state index < -0.39 is 0 Å². The smallest absolute Gasteiger partial charge is 0.228 e. The molecule has 8 nitrogen and oxygen atoms in total. The predicted molar refractivity (Wildman–Crippen MR) is 125 cm³/mol. The molecule has 0 unspecified atom stereocenters. The Balaban J connectivity index is 1.33. The number of carbonyl (C=O) groups is 1. The summed E-state index contributed by atoms with van der Waals surface area (Å²) in [6.07, 6.45) is 3.47. The molecular formula is C24H22N6O2. The average molecular weight is 426 g/mol. The molecule has 4 aromatic rings. The number of hydrogen-bond acceptors (Lipinski definition) is 7. The van der Waals surface area contributed by atoms with Crippen molar-refractivity contribution in [2.45, 2.75) is 6.42 Å². The van der Waals surface area contributed by atoms with Gasteiger partial charge < -0.3 is 20.7 Å². The molecule has 4 rings (SSSR count). The Labute approximate surface area is 185 Å². The molecule has 0 radical (unpaired) electrons. The van der Waals surface area contributed by atoms with E-state index in [1.54, 1.807) is 19.4 Å². The van der Waals surface area contributed by atoms with Crippen LogP contribution in [0.2, 0.25) is 0 Å². The molecule has 0 bridgehead atoms. The maximum atomic E-state index is 12.3. The van der Waals surface area contributed by atoms with E-state index in [0.717, 1.165) is 17.0 Å². The quantitative estimate of drug-likeness (QED) is 0.380. The van der Waals surface area contributed by atoms with E-state index in [-0.39, 0.29) is 12.3 Å². The van der Waals surface area contributed by atoms with Gasteiger partial charge in [0.05, 0.1) is 13.5 Å². The highest BCUT2D eigenvalue weighted by Gasteiger charge is 2.06. The van der Waals surface area contributed by atoms with Gasteiger partial charge in [-0.05, 0) is 54.1 Å². The topological polar surface area (TPSA) is 101 Å². The standard InChI is InChI=1S/C24H22N6O2/c1-32-20-11-5-17(6-12-20)14-24(31)29-19-9-7-18(8-10-19)28-22-15-23(27-16-26-22)30-21-4-2-3-13-25-21/h2-13,15-16H,14H2,1H3,(H,29,31)(H2,25,26,27,28,30). The molecule has 0 fully saturated rings. The van der Waals surface area contributed by atoms with Crippen LogP contribution in [0.25, 0.3) is 0 Å². The van der Waals surface area contributed by atoms with E-state index in [1.165, 1.54) is 6.33 Å². The van der Waals surface area contributed by atoms with Crippen LogP contribution in [0, 0.1) is 0 Å². The van der Waals surface area contributed by atoms with Crippen molar-refractivity contribution in [1.29, 1.82) is 0 Å². The molecule has 2 aromatic carbocycles. The minimum Gasteiger partial charge on any atom is -0.497 e. The van der Waals surface area contributed by atoms with Gasteiger partial charge in [0, 0.05) is 23.6 Å². The molecule has 3 N–H and O–H groups in total. The lowest BCUT2D eigenvalue weighted by Crippen LogP contribution is -2.14. The normalized spacial score (nSPS) is 10.3. The fourth-order valence-electron chi connectivity index (χ4n) is 2.98. The van der Waals surface area contributed by atoms with Gasteiger partial charge in [-0.1, -0.05) is 18.2 Å². The van der Waals surface area contributed by atoms with E-state index in [2.05, 4.69) is 30.9 Å². The summed E-state index contributed by atoms with van der Waals surface area (Å²) in [5.74, 6) is 2.64. The van der Waals surface area contributed by atoms with Crippen LogP contribution >= 0.6 is 0 Å². The van der Waals surface area contributed by atoms with Crippen LogP contribution in [0.5, 0.6) is 5.75 Å². The van der Waals surface area contributed by atoms with Crippen molar-refractivity contribution in [3.05, 3.63) is 90.9 Å². The summed E-state index contributed by atoms with van der Waals surface area (Å²) in [4.78, 5) is 25.0. The van der Waals surface area contributed by atoms with Gasteiger partial charge in [0.25, 0.3) is 0 Å². The Bertz CT molecular complexity index is 1170. The number of carbonyl (C=O) groups excluding carboxylic acids is 1. The summed E-state index contributed by atoms with van der Waals surface area (Å²) in [6.45, 7) is 0. The van der Waals surface area contributed by atoms with Gasteiger partial charge >= 0.3 is 0 Å². The Kier molecular flexibility index (Phi) is 6.52. The van der Waals surface area contributed by atoms with Gasteiger partial charge in [0.1, 0.15) is 29.5 Å². The lowest BCUT2D eigenvalue weighted by atomic mass is 10.1. The van der Waals surface area contributed by atoms with Gasteiger partial charge in [0.2, 0.25) is 5.91 Å². The van der Waals surface area contributed by atoms with E-state index in [1.807, 2.05) is 66.7 Å². The maximum absolute atomic E-state index is 12.3. The highest BCUT2D eigenvalue weighted by molar-refractivity contribution is 5.92. The van der Waals surface area contributed by atoms with E-state index in [4.69, 9.17) is 4.74 Å². The van der Waals surface area contributed by atoms with Crippen molar-refractivity contribution in [1.82, 2.24) is 15.0 Å². The van der Waals surface area contributed by atoms with Crippen LogP contribution in [-0.4, -0.2) is 28.0 Å². The number of nitrogens with zero attached hydrogens (tertiary/aromatic N) is 3. The third-order valence-electron chi connectivity index (χ3n) is 4.55. The monoisotopic (exact) mass is 426 g/mol. The van der Waals surface area contributed by atoms with E-state index in [9.17, 15) is 4.79 Å². The van der Waals surface area contributed by atoms with E-state index in [0.29, 0.717) is 23.1 Å². The molecule has 32 heavy (non-hydrogen) atoms. The molecule has 0 saturated carbocycles. The molecule has 0 aliphatic heterocycles. The number of pyridine rings is 1. The van der Waals surface area contributed by atoms with E-state index >= 15 is 0 Å². The SMILES string of the molecule is COc1ccc(CC(=O)Nc2ccc(Nc3cc(Nc4ccccn4)ncn3)cc2)cc1. The zero-order chi connectivity index (χ0) is 22.2. The first-order valence-corrected chi connectivity index (χ1v) is 9.98. The van der Waals surface area contributed by atoms with Crippen molar-refractivity contribution in [3.8, 4) is 5.75 Å². The highest BCUT2D eigenvalue weighted by atomic mass is 16.5. The largest absolute Gasteiger partial charge is 0.497 e. The Hall–Kier alpha value is -4.46. The van der Waals surface area contributed by atoms with Crippen LogP contribution in [0.4, 0.5) is 28.8 Å². The minimum atomic E-state index is -0.0862. The first kappa shape index (κ1) is 20.8. The number of hydrogen-bond donors (Lipinski definition) is 3. The van der Waals surface area contributed by atoms with Gasteiger partial charge in [-0.25, -0.2) is 15.0 Å². The van der Waals surface area contributed by atoms with Crippen molar-refractivity contribution >= 4 is 34.7 Å². The fourth-order valence-corrected chi connectivity index (χ4v) is 2.98. The molecule has 0 atom stereocenters. The molecule has 160 valence electrons. The number of anilines is 5. The van der Waals surface area contributed by atoms with Crippen molar-refractivity contribution in [3.63, 3.8) is 0 Å². The summed E-state index contributed by atoms with van der Waals surface area (Å²) in [5.41, 5.74) is 2.47. The number of nitrogens with one attached hydrogen (secondary N) is 3. The molecule has 0 saturated heterocycles. The Morgan fingerprint density at radius 3 is 2.22 bits per heavy atom. The maximum Gasteiger partial charge on any atom is 0.228 e. The van der Waals surface area contributed by atoms with Gasteiger partial charge in [-0.15, -0.1) is 0 Å². The number of methoxy groups -OCH3 is 1. The molecule has 1 amide bonds. The number of amides is 1. The third-order valence-corrected chi connectivity index (χ3v) is 4.55. The molecule has 0 spiro atoms. The molecule has 0 aliphatic carbocycles.